The quantitative estimate of drug-likeness (QED) is 0.507. The van der Waals surface area contributed by atoms with E-state index in [1.807, 2.05) is 20.8 Å². The topological polar surface area (TPSA) is 73.6 Å². The second-order valence-corrected chi connectivity index (χ2v) is 5.68. The Morgan fingerprint density at radius 3 is 2.25 bits per heavy atom. The number of carbonyl (C=O) groups is 1. The predicted molar refractivity (Wildman–Crippen MR) is 81.7 cm³/mol. The van der Waals surface area contributed by atoms with Crippen LogP contribution in [0.3, 0.4) is 0 Å². The lowest BCUT2D eigenvalue weighted by atomic mass is 9.93. The average molecular weight is 288 g/mol. The van der Waals surface area contributed by atoms with E-state index in [1.54, 1.807) is 0 Å². The van der Waals surface area contributed by atoms with Crippen molar-refractivity contribution in [2.24, 2.45) is 5.73 Å². The number of amides is 1. The van der Waals surface area contributed by atoms with Gasteiger partial charge in [-0.05, 0) is 46.5 Å². The van der Waals surface area contributed by atoms with Crippen molar-refractivity contribution in [3.63, 3.8) is 0 Å². The fourth-order valence-electron chi connectivity index (χ4n) is 2.05. The highest BCUT2D eigenvalue weighted by molar-refractivity contribution is 5.84. The molecule has 1 unspecified atom stereocenters. The van der Waals surface area contributed by atoms with Crippen LogP contribution in [0.15, 0.2) is 0 Å². The molecule has 1 amide bonds. The number of unbranched alkanes of at least 4 members (excludes halogenated alkanes) is 1. The van der Waals surface area contributed by atoms with Gasteiger partial charge in [0.05, 0.1) is 18.8 Å². The Morgan fingerprint density at radius 1 is 1.15 bits per heavy atom. The van der Waals surface area contributed by atoms with E-state index in [1.165, 1.54) is 0 Å². The Morgan fingerprint density at radius 2 is 1.75 bits per heavy atom. The van der Waals surface area contributed by atoms with Crippen LogP contribution in [0.5, 0.6) is 0 Å². The van der Waals surface area contributed by atoms with E-state index >= 15 is 0 Å². The second kappa shape index (κ2) is 11.1. The molecule has 0 rings (SSSR count). The minimum atomic E-state index is -0.627. The third kappa shape index (κ3) is 9.28. The van der Waals surface area contributed by atoms with Crippen LogP contribution in [-0.2, 0) is 14.3 Å². The monoisotopic (exact) mass is 288 g/mol. The van der Waals surface area contributed by atoms with Gasteiger partial charge in [0.25, 0.3) is 0 Å². The largest absolute Gasteiger partial charge is 0.379 e. The van der Waals surface area contributed by atoms with E-state index in [4.69, 9.17) is 15.2 Å². The minimum absolute atomic E-state index is 0.236. The maximum absolute atomic E-state index is 11.5. The Kier molecular flexibility index (Phi) is 10.7. The summed E-state index contributed by atoms with van der Waals surface area (Å²) in [6, 6.07) is 0.236. The van der Waals surface area contributed by atoms with Crippen molar-refractivity contribution < 1.29 is 14.3 Å². The van der Waals surface area contributed by atoms with Gasteiger partial charge in [0.1, 0.15) is 0 Å². The van der Waals surface area contributed by atoms with Crippen molar-refractivity contribution >= 4 is 5.91 Å². The summed E-state index contributed by atoms with van der Waals surface area (Å²) in [6.45, 7) is 10.8. The van der Waals surface area contributed by atoms with Crippen LogP contribution in [0.25, 0.3) is 0 Å². The summed E-state index contributed by atoms with van der Waals surface area (Å²) in [7, 11) is 0. The van der Waals surface area contributed by atoms with E-state index in [9.17, 15) is 4.79 Å². The van der Waals surface area contributed by atoms with Crippen LogP contribution in [0.1, 0.15) is 53.4 Å². The molecule has 20 heavy (non-hydrogen) atoms. The third-order valence-electron chi connectivity index (χ3n) is 3.09. The molecule has 1 atom stereocenters. The molecule has 0 aromatic rings. The molecular weight excluding hydrogens is 256 g/mol. The van der Waals surface area contributed by atoms with Gasteiger partial charge in [-0.25, -0.2) is 0 Å². The molecule has 0 heterocycles. The van der Waals surface area contributed by atoms with Crippen molar-refractivity contribution in [1.82, 2.24) is 5.32 Å². The highest BCUT2D eigenvalue weighted by Gasteiger charge is 2.30. The SMILES string of the molecule is CCCOCCOCCCCC(C)(NC(C)C)C(N)=O. The zero-order chi connectivity index (χ0) is 15.4. The lowest BCUT2D eigenvalue weighted by Crippen LogP contribution is -2.55. The van der Waals surface area contributed by atoms with Crippen molar-refractivity contribution in [1.29, 1.82) is 0 Å². The van der Waals surface area contributed by atoms with Gasteiger partial charge in [0.15, 0.2) is 0 Å². The smallest absolute Gasteiger partial charge is 0.237 e. The molecular formula is C15H32N2O3. The first-order valence-corrected chi connectivity index (χ1v) is 7.65. The Labute approximate surface area is 123 Å². The van der Waals surface area contributed by atoms with Crippen molar-refractivity contribution in [2.45, 2.75) is 65.0 Å². The number of nitrogens with two attached hydrogens (primary N) is 1. The zero-order valence-corrected chi connectivity index (χ0v) is 13.5. The molecule has 0 spiro atoms. The third-order valence-corrected chi connectivity index (χ3v) is 3.09. The molecule has 0 radical (unpaired) electrons. The lowest BCUT2D eigenvalue weighted by Gasteiger charge is -2.29. The lowest BCUT2D eigenvalue weighted by molar-refractivity contribution is -0.124. The Balaban J connectivity index is 3.67. The van der Waals surface area contributed by atoms with Gasteiger partial charge in [-0.2, -0.15) is 0 Å². The van der Waals surface area contributed by atoms with Crippen molar-refractivity contribution in [3.8, 4) is 0 Å². The molecule has 0 bridgehead atoms. The van der Waals surface area contributed by atoms with Gasteiger partial charge in [-0.1, -0.05) is 6.92 Å². The summed E-state index contributed by atoms with van der Waals surface area (Å²) in [5.41, 5.74) is 4.85. The van der Waals surface area contributed by atoms with E-state index in [0.717, 1.165) is 32.3 Å². The van der Waals surface area contributed by atoms with Crippen LogP contribution in [-0.4, -0.2) is 43.9 Å². The highest BCUT2D eigenvalue weighted by Crippen LogP contribution is 2.14. The standard InChI is InChI=1S/C15H32N2O3/c1-5-9-19-11-12-20-10-7-6-8-15(4,14(16)18)17-13(2)3/h13,17H,5-12H2,1-4H3,(H2,16,18). The summed E-state index contributed by atoms with van der Waals surface area (Å²) in [5.74, 6) is -0.292. The number of hydrogen-bond acceptors (Lipinski definition) is 4. The van der Waals surface area contributed by atoms with Gasteiger partial charge in [0.2, 0.25) is 5.91 Å². The number of rotatable bonds is 13. The van der Waals surface area contributed by atoms with E-state index in [-0.39, 0.29) is 11.9 Å². The Hall–Kier alpha value is -0.650. The molecule has 0 saturated carbocycles. The molecule has 0 aromatic heterocycles. The molecule has 0 aliphatic heterocycles. The summed E-state index contributed by atoms with van der Waals surface area (Å²) in [6.07, 6.45) is 3.61. The molecule has 5 heteroatoms. The number of hydrogen-bond donors (Lipinski definition) is 2. The minimum Gasteiger partial charge on any atom is -0.379 e. The van der Waals surface area contributed by atoms with Gasteiger partial charge in [-0.3, -0.25) is 4.79 Å². The summed E-state index contributed by atoms with van der Waals surface area (Å²) >= 11 is 0. The van der Waals surface area contributed by atoms with E-state index in [0.29, 0.717) is 19.8 Å². The van der Waals surface area contributed by atoms with Crippen LogP contribution < -0.4 is 11.1 Å². The predicted octanol–water partition coefficient (Wildman–Crippen LogP) is 1.84. The molecule has 120 valence electrons. The van der Waals surface area contributed by atoms with E-state index < -0.39 is 5.54 Å². The van der Waals surface area contributed by atoms with Crippen LogP contribution >= 0.6 is 0 Å². The second-order valence-electron chi connectivity index (χ2n) is 5.68. The fraction of sp³-hybridized carbons (Fsp3) is 0.933. The normalized spacial score (nSPS) is 14.4. The van der Waals surface area contributed by atoms with Gasteiger partial charge < -0.3 is 20.5 Å². The molecule has 0 saturated heterocycles. The molecule has 0 aromatic carbocycles. The number of carbonyl (C=O) groups excluding carboxylic acids is 1. The molecule has 0 fully saturated rings. The molecule has 5 nitrogen and oxygen atoms in total. The van der Waals surface area contributed by atoms with Gasteiger partial charge in [0, 0.05) is 19.3 Å². The van der Waals surface area contributed by atoms with Gasteiger partial charge in [-0.15, -0.1) is 0 Å². The molecule has 3 N–H and O–H groups in total. The molecule has 0 aliphatic rings. The zero-order valence-electron chi connectivity index (χ0n) is 13.5. The highest BCUT2D eigenvalue weighted by atomic mass is 16.5. The van der Waals surface area contributed by atoms with Crippen molar-refractivity contribution in [3.05, 3.63) is 0 Å². The average Bonchev–Trinajstić information content (AvgIpc) is 2.35. The first kappa shape index (κ1) is 19.4. The maximum atomic E-state index is 11.5. The van der Waals surface area contributed by atoms with Crippen molar-refractivity contribution in [2.75, 3.05) is 26.4 Å². The first-order chi connectivity index (χ1) is 9.42. The summed E-state index contributed by atoms with van der Waals surface area (Å²) in [4.78, 5) is 11.5. The fourth-order valence-corrected chi connectivity index (χ4v) is 2.05. The van der Waals surface area contributed by atoms with Crippen LogP contribution in [0, 0.1) is 0 Å². The summed E-state index contributed by atoms with van der Waals surface area (Å²) < 4.78 is 10.8. The number of ether oxygens (including phenoxy) is 2. The Bertz CT molecular complexity index is 260. The van der Waals surface area contributed by atoms with Crippen LogP contribution in [0.2, 0.25) is 0 Å². The van der Waals surface area contributed by atoms with E-state index in [2.05, 4.69) is 12.2 Å². The summed E-state index contributed by atoms with van der Waals surface area (Å²) in [5, 5.41) is 3.25. The number of nitrogens with one attached hydrogen (secondary N) is 1. The maximum Gasteiger partial charge on any atom is 0.237 e. The van der Waals surface area contributed by atoms with Gasteiger partial charge >= 0.3 is 0 Å². The number of primary amides is 1. The van der Waals surface area contributed by atoms with Crippen LogP contribution in [0.4, 0.5) is 0 Å². The molecule has 0 aliphatic carbocycles. The first-order valence-electron chi connectivity index (χ1n) is 7.65.